The molecule has 0 radical (unpaired) electrons. The van der Waals surface area contributed by atoms with Crippen LogP contribution in [-0.2, 0) is 0 Å². The van der Waals surface area contributed by atoms with E-state index in [0.717, 1.165) is 51.2 Å². The van der Waals surface area contributed by atoms with Crippen LogP contribution in [0.1, 0.15) is 32.6 Å². The Balaban J connectivity index is 1.64. The van der Waals surface area contributed by atoms with Gasteiger partial charge in [-0.05, 0) is 37.5 Å². The van der Waals surface area contributed by atoms with Crippen LogP contribution in [0.4, 0.5) is 4.79 Å². The van der Waals surface area contributed by atoms with Crippen LogP contribution in [0.5, 0.6) is 0 Å². The van der Waals surface area contributed by atoms with Gasteiger partial charge < -0.3 is 16.0 Å². The van der Waals surface area contributed by atoms with E-state index < -0.39 is 0 Å². The van der Waals surface area contributed by atoms with Gasteiger partial charge >= 0.3 is 6.03 Å². The van der Waals surface area contributed by atoms with Gasteiger partial charge in [-0.1, -0.05) is 6.92 Å². The number of nitrogens with two attached hydrogens (primary N) is 1. The summed E-state index contributed by atoms with van der Waals surface area (Å²) >= 11 is 0. The highest BCUT2D eigenvalue weighted by molar-refractivity contribution is 5.74. The van der Waals surface area contributed by atoms with E-state index in [-0.39, 0.29) is 6.03 Å². The second-order valence-electron chi connectivity index (χ2n) is 5.45. The number of likely N-dealkylation sites (tertiary alicyclic amines) is 1. The Kier molecular flexibility index (Phi) is 3.69. The molecule has 1 heterocycles. The highest BCUT2D eigenvalue weighted by Crippen LogP contribution is 2.24. The van der Waals surface area contributed by atoms with Gasteiger partial charge in [0, 0.05) is 25.7 Å². The number of hydrogen-bond donors (Lipinski definition) is 2. The topological polar surface area (TPSA) is 58.4 Å². The highest BCUT2D eigenvalue weighted by Gasteiger charge is 2.27. The van der Waals surface area contributed by atoms with E-state index in [4.69, 9.17) is 5.73 Å². The first kappa shape index (κ1) is 11.7. The summed E-state index contributed by atoms with van der Waals surface area (Å²) in [6, 6.07) is 0.491. The molecule has 4 heteroatoms. The summed E-state index contributed by atoms with van der Waals surface area (Å²) < 4.78 is 0. The molecule has 1 saturated heterocycles. The predicted molar refractivity (Wildman–Crippen MR) is 64.1 cm³/mol. The fraction of sp³-hybridized carbons (Fsp3) is 0.917. The predicted octanol–water partition coefficient (Wildman–Crippen LogP) is 1.17. The molecule has 1 aliphatic carbocycles. The van der Waals surface area contributed by atoms with E-state index in [1.165, 1.54) is 0 Å². The van der Waals surface area contributed by atoms with Gasteiger partial charge in [-0.3, -0.25) is 0 Å². The molecule has 0 aromatic carbocycles. The molecule has 0 unspecified atom stereocenters. The minimum absolute atomic E-state index is 0.118. The molecule has 0 aromatic rings. The van der Waals surface area contributed by atoms with Crippen LogP contribution in [0.2, 0.25) is 0 Å². The molecule has 1 aliphatic heterocycles. The van der Waals surface area contributed by atoms with Gasteiger partial charge in [-0.2, -0.15) is 0 Å². The number of hydrogen-bond acceptors (Lipinski definition) is 2. The summed E-state index contributed by atoms with van der Waals surface area (Å²) in [6.45, 7) is 4.89. The maximum absolute atomic E-state index is 11.8. The van der Waals surface area contributed by atoms with E-state index in [1.54, 1.807) is 0 Å². The average molecular weight is 225 g/mol. The molecule has 0 spiro atoms. The van der Waals surface area contributed by atoms with Crippen molar-refractivity contribution in [3.05, 3.63) is 0 Å². The summed E-state index contributed by atoms with van der Waals surface area (Å²) in [4.78, 5) is 13.8. The maximum atomic E-state index is 11.8. The molecule has 0 atom stereocenters. The van der Waals surface area contributed by atoms with Crippen LogP contribution >= 0.6 is 0 Å². The third-order valence-electron chi connectivity index (χ3n) is 3.88. The van der Waals surface area contributed by atoms with Crippen LogP contribution in [0.25, 0.3) is 0 Å². The first-order valence-electron chi connectivity index (χ1n) is 6.43. The number of piperidine rings is 1. The number of carbonyl (C=O) groups is 1. The molecular formula is C12H23N3O. The lowest BCUT2D eigenvalue weighted by Crippen LogP contribution is -2.48. The Labute approximate surface area is 97.6 Å². The Morgan fingerprint density at radius 1 is 1.38 bits per heavy atom. The molecule has 2 rings (SSSR count). The molecule has 1 saturated carbocycles. The summed E-state index contributed by atoms with van der Waals surface area (Å²) in [5.74, 6) is 1.39. The lowest BCUT2D eigenvalue weighted by atomic mass is 9.81. The second-order valence-corrected chi connectivity index (χ2v) is 5.45. The lowest BCUT2D eigenvalue weighted by Gasteiger charge is -2.34. The van der Waals surface area contributed by atoms with Crippen LogP contribution in [0.3, 0.4) is 0 Å². The Bertz CT molecular complexity index is 243. The molecule has 0 bridgehead atoms. The smallest absolute Gasteiger partial charge is 0.317 e. The average Bonchev–Trinajstić information content (AvgIpc) is 2.23. The van der Waals surface area contributed by atoms with E-state index in [2.05, 4.69) is 12.2 Å². The van der Waals surface area contributed by atoms with Gasteiger partial charge in [0.05, 0.1) is 0 Å². The molecule has 3 N–H and O–H groups in total. The van der Waals surface area contributed by atoms with Crippen molar-refractivity contribution < 1.29 is 4.79 Å². The number of rotatable bonds is 2. The molecular weight excluding hydrogens is 202 g/mol. The number of nitrogens with zero attached hydrogens (tertiary/aromatic N) is 1. The minimum Gasteiger partial charge on any atom is -0.338 e. The molecule has 4 nitrogen and oxygen atoms in total. The largest absolute Gasteiger partial charge is 0.338 e. The zero-order valence-corrected chi connectivity index (χ0v) is 10.1. The van der Waals surface area contributed by atoms with Crippen molar-refractivity contribution in [2.24, 2.45) is 17.6 Å². The summed E-state index contributed by atoms with van der Waals surface area (Å²) in [7, 11) is 0. The van der Waals surface area contributed by atoms with Gasteiger partial charge in [-0.25, -0.2) is 4.79 Å². The third-order valence-corrected chi connectivity index (χ3v) is 3.88. The van der Waals surface area contributed by atoms with Crippen molar-refractivity contribution >= 4 is 6.03 Å². The Hall–Kier alpha value is -0.770. The van der Waals surface area contributed by atoms with Crippen molar-refractivity contribution in [1.82, 2.24) is 10.2 Å². The first-order chi connectivity index (χ1) is 7.65. The number of carbonyl (C=O) groups excluding carboxylic acids is 1. The second kappa shape index (κ2) is 5.04. The van der Waals surface area contributed by atoms with Crippen LogP contribution in [-0.4, -0.2) is 36.6 Å². The normalized spacial score (nSPS) is 31.0. The fourth-order valence-electron chi connectivity index (χ4n) is 2.51. The summed E-state index contributed by atoms with van der Waals surface area (Å²) in [6.07, 6.45) is 4.41. The molecule has 2 fully saturated rings. The molecule has 92 valence electrons. The van der Waals surface area contributed by atoms with E-state index in [9.17, 15) is 4.79 Å². The highest BCUT2D eigenvalue weighted by atomic mass is 16.2. The van der Waals surface area contributed by atoms with Gasteiger partial charge in [0.25, 0.3) is 0 Å². The maximum Gasteiger partial charge on any atom is 0.317 e. The quantitative estimate of drug-likeness (QED) is 0.741. The van der Waals surface area contributed by atoms with Crippen molar-refractivity contribution in [3.63, 3.8) is 0 Å². The van der Waals surface area contributed by atoms with Crippen molar-refractivity contribution in [3.8, 4) is 0 Å². The Morgan fingerprint density at radius 2 is 2.00 bits per heavy atom. The standard InChI is InChI=1S/C12H23N3O/c1-9-2-4-15(5-3-9)12(16)14-8-10-6-11(13)7-10/h9-11H,2-8,13H2,1H3,(H,14,16). The first-order valence-corrected chi connectivity index (χ1v) is 6.43. The van der Waals surface area contributed by atoms with Crippen molar-refractivity contribution in [1.29, 1.82) is 0 Å². The fourth-order valence-corrected chi connectivity index (χ4v) is 2.51. The monoisotopic (exact) mass is 225 g/mol. The zero-order valence-electron chi connectivity index (χ0n) is 10.1. The van der Waals surface area contributed by atoms with E-state index in [1.807, 2.05) is 4.90 Å². The van der Waals surface area contributed by atoms with Crippen LogP contribution in [0, 0.1) is 11.8 Å². The number of urea groups is 1. The van der Waals surface area contributed by atoms with Crippen molar-refractivity contribution in [2.45, 2.75) is 38.6 Å². The van der Waals surface area contributed by atoms with Gasteiger partial charge in [-0.15, -0.1) is 0 Å². The van der Waals surface area contributed by atoms with E-state index >= 15 is 0 Å². The number of amides is 2. The summed E-state index contributed by atoms with van der Waals surface area (Å²) in [5.41, 5.74) is 5.71. The van der Waals surface area contributed by atoms with Crippen LogP contribution < -0.4 is 11.1 Å². The van der Waals surface area contributed by atoms with E-state index in [0.29, 0.717) is 12.0 Å². The summed E-state index contributed by atoms with van der Waals surface area (Å²) in [5, 5.41) is 3.02. The van der Waals surface area contributed by atoms with Gasteiger partial charge in [0.15, 0.2) is 0 Å². The molecule has 2 amide bonds. The molecule has 16 heavy (non-hydrogen) atoms. The zero-order chi connectivity index (χ0) is 11.5. The molecule has 2 aliphatic rings. The lowest BCUT2D eigenvalue weighted by molar-refractivity contribution is 0.167. The molecule has 0 aromatic heterocycles. The number of nitrogens with one attached hydrogen (secondary N) is 1. The minimum atomic E-state index is 0.118. The third kappa shape index (κ3) is 2.88. The van der Waals surface area contributed by atoms with Gasteiger partial charge in [0.2, 0.25) is 0 Å². The van der Waals surface area contributed by atoms with Crippen LogP contribution in [0.15, 0.2) is 0 Å². The Morgan fingerprint density at radius 3 is 2.56 bits per heavy atom. The SMILES string of the molecule is CC1CCN(C(=O)NCC2CC(N)C2)CC1. The van der Waals surface area contributed by atoms with Gasteiger partial charge in [0.1, 0.15) is 0 Å². The van der Waals surface area contributed by atoms with Crippen molar-refractivity contribution in [2.75, 3.05) is 19.6 Å².